The molecule has 0 N–H and O–H groups in total. The van der Waals surface area contributed by atoms with Crippen LogP contribution in [-0.2, 0) is 14.3 Å². The third-order valence-corrected chi connectivity index (χ3v) is 3.00. The van der Waals surface area contributed by atoms with E-state index in [0.717, 1.165) is 58.0 Å². The molecule has 0 aromatic carbocycles. The molecule has 0 unspecified atom stereocenters. The van der Waals surface area contributed by atoms with E-state index < -0.39 is 0 Å². The molecule has 0 spiro atoms. The van der Waals surface area contributed by atoms with E-state index in [2.05, 4.69) is 38.2 Å². The molecule has 0 aromatic heterocycles. The van der Waals surface area contributed by atoms with Gasteiger partial charge in [0.15, 0.2) is 6.29 Å². The average molecular weight is 296 g/mol. The number of carbonyl (C=O) groups is 1. The highest BCUT2D eigenvalue weighted by Crippen LogP contribution is 2.11. The predicted octanol–water partition coefficient (Wildman–Crippen LogP) is 4.82. The molecule has 0 radical (unpaired) electrons. The molecule has 1 fully saturated rings. The van der Waals surface area contributed by atoms with Crippen molar-refractivity contribution in [2.24, 2.45) is 0 Å². The number of allylic oxidation sites excluding steroid dienone is 4. The molecular formula is C18H32O3. The fourth-order valence-electron chi connectivity index (χ4n) is 1.86. The summed E-state index contributed by atoms with van der Waals surface area (Å²) in [4.78, 5) is 9.81. The zero-order valence-corrected chi connectivity index (χ0v) is 13.8. The number of hydrogen-bond acceptors (Lipinski definition) is 3. The molecule has 1 saturated heterocycles. The van der Waals surface area contributed by atoms with E-state index in [1.54, 1.807) is 0 Å². The fraction of sp³-hybridized carbons (Fsp3) is 0.722. The lowest BCUT2D eigenvalue weighted by Gasteiger charge is -2.06. The van der Waals surface area contributed by atoms with E-state index in [0.29, 0.717) is 6.42 Å². The molecule has 3 nitrogen and oxygen atoms in total. The van der Waals surface area contributed by atoms with Gasteiger partial charge in [-0.3, -0.25) is 0 Å². The number of hydrogen-bond donors (Lipinski definition) is 0. The van der Waals surface area contributed by atoms with Crippen molar-refractivity contribution in [2.45, 2.75) is 71.5 Å². The van der Waals surface area contributed by atoms with Crippen molar-refractivity contribution in [1.82, 2.24) is 0 Å². The molecule has 0 atom stereocenters. The second-order valence-electron chi connectivity index (χ2n) is 4.96. The summed E-state index contributed by atoms with van der Waals surface area (Å²) in [6.45, 7) is 5.81. The summed E-state index contributed by atoms with van der Waals surface area (Å²) in [7, 11) is 0. The largest absolute Gasteiger partial charge is 0.350 e. The third kappa shape index (κ3) is 15.3. The van der Waals surface area contributed by atoms with Gasteiger partial charge in [0, 0.05) is 6.42 Å². The lowest BCUT2D eigenvalue weighted by molar-refractivity contribution is -0.107. The van der Waals surface area contributed by atoms with Gasteiger partial charge in [-0.15, -0.1) is 0 Å². The van der Waals surface area contributed by atoms with Gasteiger partial charge in [0.2, 0.25) is 0 Å². The lowest BCUT2D eigenvalue weighted by atomic mass is 10.2. The van der Waals surface area contributed by atoms with Crippen LogP contribution in [0.4, 0.5) is 0 Å². The van der Waals surface area contributed by atoms with Crippen molar-refractivity contribution >= 4 is 6.29 Å². The average Bonchev–Trinajstić information content (AvgIpc) is 3.01. The van der Waals surface area contributed by atoms with E-state index >= 15 is 0 Å². The molecule has 1 aliphatic rings. The Morgan fingerprint density at radius 3 is 1.95 bits per heavy atom. The van der Waals surface area contributed by atoms with Gasteiger partial charge in [-0.05, 0) is 44.9 Å². The second-order valence-corrected chi connectivity index (χ2v) is 4.96. The van der Waals surface area contributed by atoms with Gasteiger partial charge < -0.3 is 14.3 Å². The van der Waals surface area contributed by atoms with Crippen LogP contribution in [0.1, 0.15) is 65.2 Å². The quantitative estimate of drug-likeness (QED) is 0.329. The molecule has 0 aliphatic carbocycles. The van der Waals surface area contributed by atoms with Gasteiger partial charge in [-0.25, -0.2) is 0 Å². The van der Waals surface area contributed by atoms with Gasteiger partial charge in [0.1, 0.15) is 6.29 Å². The zero-order valence-electron chi connectivity index (χ0n) is 13.8. The van der Waals surface area contributed by atoms with Crippen molar-refractivity contribution < 1.29 is 14.3 Å². The molecule has 0 amide bonds. The summed E-state index contributed by atoms with van der Waals surface area (Å²) in [6.07, 6.45) is 18.1. The Bertz CT molecular complexity index is 266. The first kappa shape index (κ1) is 20.1. The van der Waals surface area contributed by atoms with E-state index in [4.69, 9.17) is 9.47 Å². The maximum Gasteiger partial charge on any atom is 0.157 e. The van der Waals surface area contributed by atoms with Crippen molar-refractivity contribution in [2.75, 3.05) is 13.2 Å². The highest BCUT2D eigenvalue weighted by Gasteiger charge is 2.14. The van der Waals surface area contributed by atoms with E-state index in [-0.39, 0.29) is 6.29 Å². The third-order valence-electron chi connectivity index (χ3n) is 3.00. The first-order valence-corrected chi connectivity index (χ1v) is 8.31. The van der Waals surface area contributed by atoms with Crippen LogP contribution in [0.25, 0.3) is 0 Å². The van der Waals surface area contributed by atoms with Crippen LogP contribution in [0.3, 0.4) is 0 Å². The molecule has 0 aromatic rings. The lowest BCUT2D eigenvalue weighted by Crippen LogP contribution is -2.06. The van der Waals surface area contributed by atoms with Crippen LogP contribution in [0, 0.1) is 0 Å². The highest BCUT2D eigenvalue weighted by molar-refractivity contribution is 5.48. The number of ether oxygens (including phenoxy) is 2. The van der Waals surface area contributed by atoms with Crippen molar-refractivity contribution in [3.63, 3.8) is 0 Å². The van der Waals surface area contributed by atoms with Gasteiger partial charge in [0.05, 0.1) is 13.2 Å². The molecule has 0 saturated carbocycles. The first-order chi connectivity index (χ1) is 10.3. The topological polar surface area (TPSA) is 35.5 Å². The monoisotopic (exact) mass is 296 g/mol. The van der Waals surface area contributed by atoms with E-state index in [1.165, 1.54) is 6.42 Å². The highest BCUT2D eigenvalue weighted by atomic mass is 16.7. The zero-order chi connectivity index (χ0) is 15.6. The molecule has 122 valence electrons. The van der Waals surface area contributed by atoms with Gasteiger partial charge in [0.25, 0.3) is 0 Å². The molecule has 1 rings (SSSR count). The Morgan fingerprint density at radius 1 is 0.857 bits per heavy atom. The van der Waals surface area contributed by atoms with Crippen LogP contribution >= 0.6 is 0 Å². The van der Waals surface area contributed by atoms with Gasteiger partial charge >= 0.3 is 0 Å². The fourth-order valence-corrected chi connectivity index (χ4v) is 1.86. The summed E-state index contributed by atoms with van der Waals surface area (Å²) in [5, 5.41) is 0. The standard InChI is InChI=1S/C10H18O2.C8H14O/c1-2-3-4-5-6-7-10-11-8-9-12-10;1-2-3-4-5-6-7-8-9/h3-4,10H,2,5-9H2,1H3;3-4,8H,2,5-7H2,1H3/b2*4-3+. The second kappa shape index (κ2) is 17.1. The molecule has 3 heteroatoms. The molecule has 1 aliphatic heterocycles. The molecule has 21 heavy (non-hydrogen) atoms. The summed E-state index contributed by atoms with van der Waals surface area (Å²) in [5.41, 5.74) is 0. The van der Waals surface area contributed by atoms with Gasteiger partial charge in [-0.2, -0.15) is 0 Å². The minimum absolute atomic E-state index is 0.0834. The van der Waals surface area contributed by atoms with Crippen molar-refractivity contribution in [3.05, 3.63) is 24.3 Å². The number of unbranched alkanes of at least 4 members (excludes halogenated alkanes) is 3. The summed E-state index contributed by atoms with van der Waals surface area (Å²) >= 11 is 0. The van der Waals surface area contributed by atoms with Crippen LogP contribution in [0.2, 0.25) is 0 Å². The van der Waals surface area contributed by atoms with Crippen LogP contribution in [-0.4, -0.2) is 25.8 Å². The Labute approximate surface area is 130 Å². The van der Waals surface area contributed by atoms with Crippen LogP contribution < -0.4 is 0 Å². The van der Waals surface area contributed by atoms with Crippen LogP contribution in [0.5, 0.6) is 0 Å². The Hall–Kier alpha value is -0.930. The minimum atomic E-state index is 0.0834. The van der Waals surface area contributed by atoms with Crippen LogP contribution in [0.15, 0.2) is 24.3 Å². The van der Waals surface area contributed by atoms with Crippen molar-refractivity contribution in [3.8, 4) is 0 Å². The minimum Gasteiger partial charge on any atom is -0.350 e. The molecule has 0 bridgehead atoms. The Kier molecular flexibility index (Phi) is 16.4. The maximum absolute atomic E-state index is 9.81. The maximum atomic E-state index is 9.81. The first-order valence-electron chi connectivity index (χ1n) is 8.31. The number of carbonyl (C=O) groups excluding carboxylic acids is 1. The number of rotatable bonds is 10. The smallest absolute Gasteiger partial charge is 0.157 e. The van der Waals surface area contributed by atoms with Crippen molar-refractivity contribution in [1.29, 1.82) is 0 Å². The molecular weight excluding hydrogens is 264 g/mol. The Balaban J connectivity index is 0.000000400. The SMILES string of the molecule is CC/C=C/CCCC1OCCO1.CC/C=C/CCCC=O. The molecule has 1 heterocycles. The normalized spacial score (nSPS) is 15.5. The van der Waals surface area contributed by atoms with E-state index in [9.17, 15) is 4.79 Å². The van der Waals surface area contributed by atoms with E-state index in [1.807, 2.05) is 0 Å². The summed E-state index contributed by atoms with van der Waals surface area (Å²) in [5.74, 6) is 0. The predicted molar refractivity (Wildman–Crippen MR) is 88.3 cm³/mol. The summed E-state index contributed by atoms with van der Waals surface area (Å²) in [6, 6.07) is 0. The number of aldehydes is 1. The van der Waals surface area contributed by atoms with Gasteiger partial charge in [-0.1, -0.05) is 38.2 Å². The summed E-state index contributed by atoms with van der Waals surface area (Å²) < 4.78 is 10.6. The Morgan fingerprint density at radius 2 is 1.43 bits per heavy atom.